The molecular formula is C54H52N4OPt. The molecule has 0 bridgehead atoms. The molecular weight excluding hydrogens is 916 g/mol. The molecule has 5 nitrogen and oxygen atoms in total. The van der Waals surface area contributed by atoms with Gasteiger partial charge in [-0.05, 0) is 17.0 Å². The van der Waals surface area contributed by atoms with Gasteiger partial charge in [0.05, 0.1) is 0 Å². The summed E-state index contributed by atoms with van der Waals surface area (Å²) >= 11 is 2.52. The van der Waals surface area contributed by atoms with Crippen LogP contribution in [0.25, 0.3) is 44.7 Å². The van der Waals surface area contributed by atoms with E-state index in [2.05, 4.69) is 234 Å². The summed E-state index contributed by atoms with van der Waals surface area (Å²) in [6.45, 7) is 16.0. The van der Waals surface area contributed by atoms with Crippen molar-refractivity contribution in [2.24, 2.45) is 0 Å². The fourth-order valence-corrected chi connectivity index (χ4v) is 9.61. The molecule has 0 fully saturated rings. The zero-order valence-electron chi connectivity index (χ0n) is 35.5. The van der Waals surface area contributed by atoms with E-state index in [1.165, 1.54) is 38.9 Å². The van der Waals surface area contributed by atoms with Gasteiger partial charge in [0.15, 0.2) is 0 Å². The Morgan fingerprint density at radius 3 is 1.83 bits per heavy atom. The molecule has 0 amide bonds. The van der Waals surface area contributed by atoms with Gasteiger partial charge in [0.25, 0.3) is 0 Å². The van der Waals surface area contributed by atoms with Crippen LogP contribution in [0.2, 0.25) is 0 Å². The Hall–Kier alpha value is -5.77. The molecule has 6 heteroatoms. The van der Waals surface area contributed by atoms with E-state index in [0.29, 0.717) is 6.04 Å². The van der Waals surface area contributed by atoms with E-state index in [4.69, 9.17) is 9.72 Å². The quantitative estimate of drug-likeness (QED) is 0.160. The third-order valence-electron chi connectivity index (χ3n) is 11.8. The van der Waals surface area contributed by atoms with Crippen LogP contribution in [0.5, 0.6) is 11.5 Å². The molecule has 0 spiro atoms. The zero-order chi connectivity index (χ0) is 41.8. The van der Waals surface area contributed by atoms with Crippen LogP contribution in [0.1, 0.15) is 71.6 Å². The van der Waals surface area contributed by atoms with Gasteiger partial charge >= 0.3 is 323 Å². The van der Waals surface area contributed by atoms with Crippen molar-refractivity contribution in [2.75, 3.05) is 4.90 Å². The van der Waals surface area contributed by atoms with Gasteiger partial charge < -0.3 is 0 Å². The van der Waals surface area contributed by atoms with Crippen LogP contribution in [0, 0.1) is 3.80 Å². The SMILES string of the molecule is CC1CCc2ccc(Oc3cccc(-n4[c](=[Pt])n(-c5c(-c6ccccc6)cc(C(C)(C)C)cc5-c5ccccc5)c5ccccc54)c3)cc2N1c1cc(C(C)(C)C)ccn1. The molecule has 0 saturated carbocycles. The van der Waals surface area contributed by atoms with Crippen LogP contribution < -0.4 is 9.64 Å². The number of aryl methyl sites for hydroxylation is 1. The van der Waals surface area contributed by atoms with Gasteiger partial charge in [-0.1, -0.05) is 20.8 Å². The number of pyridine rings is 1. The summed E-state index contributed by atoms with van der Waals surface area (Å²) in [4.78, 5) is 7.28. The molecule has 9 rings (SSSR count). The molecule has 0 aliphatic carbocycles. The van der Waals surface area contributed by atoms with E-state index >= 15 is 0 Å². The first-order chi connectivity index (χ1) is 28.8. The first-order valence-electron chi connectivity index (χ1n) is 21.0. The summed E-state index contributed by atoms with van der Waals surface area (Å²) in [6, 6.07) is 54.9. The van der Waals surface area contributed by atoms with Gasteiger partial charge in [-0.3, -0.25) is 0 Å². The summed E-state index contributed by atoms with van der Waals surface area (Å²) in [5, 5.41) is 0. The zero-order valence-corrected chi connectivity index (χ0v) is 37.8. The van der Waals surface area contributed by atoms with E-state index in [1.54, 1.807) is 0 Å². The summed E-state index contributed by atoms with van der Waals surface area (Å²) in [5.41, 5.74) is 14.2. The summed E-state index contributed by atoms with van der Waals surface area (Å²) in [7, 11) is 0. The molecule has 0 radical (unpaired) electrons. The standard InChI is InChI=1S/C54H52N4O.Pt/c1-37-25-26-40-27-28-45(35-50(40)58(37)51-33-41(29-30-55-51)53(2,3)4)59-44-22-16-21-43(34-44)56-36-57(49-24-15-14-23-48(49)56)52-46(38-17-10-8-11-18-38)31-42(54(5,6)7)32-47(52)39-19-12-9-13-20-39;/h8-24,27-35,37H,25-26H2,1-7H3;. The number of nitrogens with zero attached hydrogens (tertiary/aromatic N) is 4. The third kappa shape index (κ3) is 7.50. The molecule has 1 aliphatic heterocycles. The number of ether oxygens (including phenoxy) is 1. The Kier molecular flexibility index (Phi) is 10.4. The predicted molar refractivity (Wildman–Crippen MR) is 245 cm³/mol. The van der Waals surface area contributed by atoms with Crippen LogP contribution in [0.4, 0.5) is 11.5 Å². The second-order valence-corrected chi connectivity index (χ2v) is 19.1. The molecule has 0 N–H and O–H groups in total. The van der Waals surface area contributed by atoms with Crippen LogP contribution in [-0.2, 0) is 36.6 Å². The molecule has 0 saturated heterocycles. The Labute approximate surface area is 365 Å². The molecule has 3 heterocycles. The molecule has 2 aromatic heterocycles. The molecule has 1 aliphatic rings. The van der Waals surface area contributed by atoms with Crippen molar-refractivity contribution >= 4 is 22.5 Å². The Morgan fingerprint density at radius 2 is 1.20 bits per heavy atom. The second-order valence-electron chi connectivity index (χ2n) is 18.1. The monoisotopic (exact) mass is 967 g/mol. The van der Waals surface area contributed by atoms with Crippen LogP contribution in [-0.4, -0.2) is 20.2 Å². The van der Waals surface area contributed by atoms with E-state index in [9.17, 15) is 0 Å². The van der Waals surface area contributed by atoms with E-state index in [1.807, 2.05) is 6.20 Å². The fraction of sp³-hybridized carbons (Fsp3) is 0.222. The van der Waals surface area contributed by atoms with Crippen molar-refractivity contribution in [3.8, 4) is 45.1 Å². The molecule has 1 unspecified atom stereocenters. The van der Waals surface area contributed by atoms with Crippen LogP contribution in [0.15, 0.2) is 158 Å². The van der Waals surface area contributed by atoms with Gasteiger partial charge in [0.1, 0.15) is 0 Å². The smallest absolute Gasteiger partial charge is 0.0561 e. The van der Waals surface area contributed by atoms with Crippen LogP contribution >= 0.6 is 0 Å². The Balaban J connectivity index is 1.17. The van der Waals surface area contributed by atoms with Crippen LogP contribution in [0.3, 0.4) is 0 Å². The van der Waals surface area contributed by atoms with Gasteiger partial charge in [0.2, 0.25) is 0 Å². The first kappa shape index (κ1) is 39.7. The number of hydrogen-bond acceptors (Lipinski definition) is 3. The van der Waals surface area contributed by atoms with Gasteiger partial charge in [-0.25, -0.2) is 0 Å². The number of hydrogen-bond donors (Lipinski definition) is 0. The van der Waals surface area contributed by atoms with Gasteiger partial charge in [0, 0.05) is 6.20 Å². The third-order valence-corrected chi connectivity index (χ3v) is 12.8. The van der Waals surface area contributed by atoms with Crippen molar-refractivity contribution in [2.45, 2.75) is 78.2 Å². The number of aromatic nitrogens is 3. The summed E-state index contributed by atoms with van der Waals surface area (Å²) in [6.07, 6.45) is 4.04. The summed E-state index contributed by atoms with van der Waals surface area (Å²) in [5.74, 6) is 2.56. The Morgan fingerprint density at radius 1 is 0.600 bits per heavy atom. The number of anilines is 2. The second kappa shape index (κ2) is 15.7. The van der Waals surface area contributed by atoms with Crippen molar-refractivity contribution in [3.05, 3.63) is 178 Å². The summed E-state index contributed by atoms with van der Waals surface area (Å²) < 4.78 is 12.6. The molecule has 304 valence electrons. The molecule has 1 atom stereocenters. The minimum Gasteiger partial charge on any atom is -0.0561 e. The topological polar surface area (TPSA) is 35.2 Å². The Bertz CT molecular complexity index is 2850. The normalized spacial score (nSPS) is 14.3. The minimum absolute atomic E-state index is 0.0307. The minimum atomic E-state index is -0.0548. The average Bonchev–Trinajstić information content (AvgIpc) is 3.54. The maximum atomic E-state index is 6.78. The van der Waals surface area contributed by atoms with E-state index < -0.39 is 0 Å². The van der Waals surface area contributed by atoms with Crippen molar-refractivity contribution < 1.29 is 24.1 Å². The predicted octanol–water partition coefficient (Wildman–Crippen LogP) is 14.1. The fourth-order valence-electron chi connectivity index (χ4n) is 8.52. The number of para-hydroxylation sites is 2. The number of rotatable bonds is 7. The number of benzene rings is 6. The number of fused-ring (bicyclic) bond motifs is 2. The number of imidazole rings is 1. The van der Waals surface area contributed by atoms with Gasteiger partial charge in [-0.15, -0.1) is 0 Å². The molecule has 8 aromatic rings. The molecule has 6 aromatic carbocycles. The molecule has 60 heavy (non-hydrogen) atoms. The van der Waals surface area contributed by atoms with E-state index in [0.717, 1.165) is 62.1 Å². The van der Waals surface area contributed by atoms with Crippen molar-refractivity contribution in [1.29, 1.82) is 0 Å². The maximum absolute atomic E-state index is 6.78. The van der Waals surface area contributed by atoms with E-state index in [-0.39, 0.29) is 10.8 Å². The van der Waals surface area contributed by atoms with Gasteiger partial charge in [-0.2, -0.15) is 0 Å². The van der Waals surface area contributed by atoms with Crippen molar-refractivity contribution in [3.63, 3.8) is 0 Å². The van der Waals surface area contributed by atoms with Crippen molar-refractivity contribution in [1.82, 2.24) is 14.1 Å². The first-order valence-corrected chi connectivity index (χ1v) is 22.1. The average molecular weight is 968 g/mol.